The average Bonchev–Trinajstić information content (AvgIpc) is 2.46. The van der Waals surface area contributed by atoms with Gasteiger partial charge in [-0.05, 0) is 46.8 Å². The summed E-state index contributed by atoms with van der Waals surface area (Å²) in [7, 11) is -3.67. The van der Waals surface area contributed by atoms with E-state index in [2.05, 4.69) is 26.7 Å². The smallest absolute Gasteiger partial charge is 0.207 e. The molecule has 1 unspecified atom stereocenters. The first-order valence-corrected chi connectivity index (χ1v) is 8.98. The molecule has 0 amide bonds. The van der Waals surface area contributed by atoms with Gasteiger partial charge in [-0.1, -0.05) is 31.4 Å². The van der Waals surface area contributed by atoms with Gasteiger partial charge in [0.15, 0.2) is 0 Å². The van der Waals surface area contributed by atoms with E-state index in [-0.39, 0.29) is 10.8 Å². The van der Waals surface area contributed by atoms with Crippen molar-refractivity contribution in [2.75, 3.05) is 0 Å². The van der Waals surface area contributed by atoms with Gasteiger partial charge in [0.2, 0.25) is 10.0 Å². The Hall–Kier alpha value is -0.900. The largest absolute Gasteiger partial charge is 0.242 e. The summed E-state index contributed by atoms with van der Waals surface area (Å²) in [4.78, 5) is 0.177. The highest BCUT2D eigenvalue weighted by Gasteiger charge is 2.29. The van der Waals surface area contributed by atoms with Crippen LogP contribution in [-0.4, -0.2) is 14.5 Å². The lowest BCUT2D eigenvalue weighted by molar-refractivity contribution is 0.324. The van der Waals surface area contributed by atoms with Gasteiger partial charge in [-0.2, -0.15) is 9.98 Å². The number of nitrogens with zero attached hydrogens (tertiary/aromatic N) is 1. The fourth-order valence-electron chi connectivity index (χ4n) is 2.59. The highest BCUT2D eigenvalue weighted by atomic mass is 79.9. The number of hydrogen-bond donors (Lipinski definition) is 1. The van der Waals surface area contributed by atoms with E-state index in [1.54, 1.807) is 18.2 Å². The Morgan fingerprint density at radius 3 is 2.50 bits per heavy atom. The highest BCUT2D eigenvalue weighted by Crippen LogP contribution is 2.28. The van der Waals surface area contributed by atoms with Crippen molar-refractivity contribution >= 4 is 26.0 Å². The van der Waals surface area contributed by atoms with Crippen LogP contribution in [0.4, 0.5) is 0 Å². The Balaban J connectivity index is 2.18. The number of nitrogens with one attached hydrogen (secondary N) is 1. The quantitative estimate of drug-likeness (QED) is 0.900. The van der Waals surface area contributed by atoms with E-state index in [1.807, 2.05) is 0 Å². The van der Waals surface area contributed by atoms with Crippen LogP contribution in [0.1, 0.15) is 32.1 Å². The second kappa shape index (κ2) is 6.70. The molecule has 1 saturated carbocycles. The lowest BCUT2D eigenvalue weighted by atomic mass is 9.85. The Morgan fingerprint density at radius 2 is 1.90 bits per heavy atom. The zero-order valence-electron chi connectivity index (χ0n) is 11.0. The average molecular weight is 357 g/mol. The highest BCUT2D eigenvalue weighted by molar-refractivity contribution is 9.10. The molecule has 0 heterocycles. The van der Waals surface area contributed by atoms with E-state index in [0.29, 0.717) is 4.47 Å². The van der Waals surface area contributed by atoms with Crippen LogP contribution in [0.3, 0.4) is 0 Å². The van der Waals surface area contributed by atoms with Crippen molar-refractivity contribution in [1.29, 1.82) is 5.26 Å². The maximum Gasteiger partial charge on any atom is 0.242 e. The molecule has 6 heteroatoms. The van der Waals surface area contributed by atoms with E-state index in [4.69, 9.17) is 0 Å². The van der Waals surface area contributed by atoms with Gasteiger partial charge in [0.05, 0.1) is 11.0 Å². The van der Waals surface area contributed by atoms with Crippen LogP contribution in [0.15, 0.2) is 33.6 Å². The first-order valence-electron chi connectivity index (χ1n) is 6.71. The molecule has 1 fully saturated rings. The fourth-order valence-corrected chi connectivity index (χ4v) is 4.80. The van der Waals surface area contributed by atoms with Crippen LogP contribution in [0, 0.1) is 17.2 Å². The molecule has 0 saturated heterocycles. The second-order valence-corrected chi connectivity index (χ2v) is 7.59. The summed E-state index contributed by atoms with van der Waals surface area (Å²) in [5, 5.41) is 9.27. The SMILES string of the molecule is N#CC(NS(=O)(=O)c1ccccc1Br)C1CCCCC1. The van der Waals surface area contributed by atoms with Crippen molar-refractivity contribution in [1.82, 2.24) is 4.72 Å². The molecular weight excluding hydrogens is 340 g/mol. The van der Waals surface area contributed by atoms with Gasteiger partial charge in [0.1, 0.15) is 6.04 Å². The second-order valence-electron chi connectivity index (χ2n) is 5.06. The molecule has 1 aromatic rings. The summed E-state index contributed by atoms with van der Waals surface area (Å²) in [6, 6.07) is 8.10. The van der Waals surface area contributed by atoms with Gasteiger partial charge < -0.3 is 0 Å². The topological polar surface area (TPSA) is 70.0 Å². The molecule has 1 aromatic carbocycles. The van der Waals surface area contributed by atoms with Crippen LogP contribution in [0.2, 0.25) is 0 Å². The van der Waals surface area contributed by atoms with Crippen LogP contribution in [-0.2, 0) is 10.0 Å². The Morgan fingerprint density at radius 1 is 1.25 bits per heavy atom. The van der Waals surface area contributed by atoms with Gasteiger partial charge >= 0.3 is 0 Å². The van der Waals surface area contributed by atoms with E-state index in [1.165, 1.54) is 12.5 Å². The van der Waals surface area contributed by atoms with E-state index >= 15 is 0 Å². The third kappa shape index (κ3) is 3.60. The zero-order chi connectivity index (χ0) is 14.6. The summed E-state index contributed by atoms with van der Waals surface area (Å²) in [6.45, 7) is 0. The maximum absolute atomic E-state index is 12.4. The maximum atomic E-state index is 12.4. The van der Waals surface area contributed by atoms with Crippen molar-refractivity contribution in [2.45, 2.75) is 43.0 Å². The van der Waals surface area contributed by atoms with Gasteiger partial charge in [-0.15, -0.1) is 0 Å². The van der Waals surface area contributed by atoms with E-state index in [9.17, 15) is 13.7 Å². The minimum atomic E-state index is -3.67. The van der Waals surface area contributed by atoms with Crippen molar-refractivity contribution in [3.63, 3.8) is 0 Å². The van der Waals surface area contributed by atoms with Crippen LogP contribution in [0.25, 0.3) is 0 Å². The Bertz CT molecular complexity index is 604. The molecule has 1 aliphatic carbocycles. The number of nitriles is 1. The summed E-state index contributed by atoms with van der Waals surface area (Å²) >= 11 is 3.24. The summed E-state index contributed by atoms with van der Waals surface area (Å²) in [5.41, 5.74) is 0. The molecule has 1 aliphatic rings. The van der Waals surface area contributed by atoms with E-state index < -0.39 is 16.1 Å². The molecule has 0 radical (unpaired) electrons. The molecule has 1 N–H and O–H groups in total. The molecule has 0 aromatic heterocycles. The molecule has 2 rings (SSSR count). The number of rotatable bonds is 4. The molecule has 1 atom stereocenters. The van der Waals surface area contributed by atoms with Gasteiger partial charge in [0.25, 0.3) is 0 Å². The summed E-state index contributed by atoms with van der Waals surface area (Å²) in [6.07, 6.45) is 5.14. The number of sulfonamides is 1. The van der Waals surface area contributed by atoms with Crippen molar-refractivity contribution < 1.29 is 8.42 Å². The number of hydrogen-bond acceptors (Lipinski definition) is 3. The number of halogens is 1. The van der Waals surface area contributed by atoms with Gasteiger partial charge in [-0.25, -0.2) is 8.42 Å². The standard InChI is InChI=1S/C14H17BrN2O2S/c15-12-8-4-5-9-14(12)20(18,19)17-13(10-16)11-6-2-1-3-7-11/h4-5,8-9,11,13,17H,1-3,6-7H2. The van der Waals surface area contributed by atoms with Crippen LogP contribution in [0.5, 0.6) is 0 Å². The van der Waals surface area contributed by atoms with Gasteiger partial charge in [-0.3, -0.25) is 0 Å². The Labute approximate surface area is 128 Å². The first-order chi connectivity index (χ1) is 9.54. The molecule has 0 bridgehead atoms. The third-order valence-corrected chi connectivity index (χ3v) is 6.12. The third-order valence-electron chi connectivity index (χ3n) is 3.67. The van der Waals surface area contributed by atoms with Crippen molar-refractivity contribution in [2.24, 2.45) is 5.92 Å². The predicted octanol–water partition coefficient (Wildman–Crippen LogP) is 3.20. The van der Waals surface area contributed by atoms with Crippen LogP contribution < -0.4 is 4.72 Å². The fraction of sp³-hybridized carbons (Fsp3) is 0.500. The minimum absolute atomic E-state index is 0.117. The molecule has 108 valence electrons. The summed E-state index contributed by atoms with van der Waals surface area (Å²) < 4.78 is 27.8. The Kier molecular flexibility index (Phi) is 5.19. The van der Waals surface area contributed by atoms with Gasteiger partial charge in [0, 0.05) is 4.47 Å². The molecule has 0 aliphatic heterocycles. The minimum Gasteiger partial charge on any atom is -0.207 e. The zero-order valence-corrected chi connectivity index (χ0v) is 13.5. The normalized spacial score (nSPS) is 18.4. The van der Waals surface area contributed by atoms with Crippen LogP contribution >= 0.6 is 15.9 Å². The lowest BCUT2D eigenvalue weighted by Gasteiger charge is -2.26. The molecule has 4 nitrogen and oxygen atoms in total. The summed E-state index contributed by atoms with van der Waals surface area (Å²) in [5.74, 6) is 0.117. The van der Waals surface area contributed by atoms with Crippen molar-refractivity contribution in [3.8, 4) is 6.07 Å². The molecular formula is C14H17BrN2O2S. The lowest BCUT2D eigenvalue weighted by Crippen LogP contribution is -2.40. The molecule has 0 spiro atoms. The molecule has 20 heavy (non-hydrogen) atoms. The van der Waals surface area contributed by atoms with E-state index in [0.717, 1.165) is 25.7 Å². The monoisotopic (exact) mass is 356 g/mol. The van der Waals surface area contributed by atoms with Crippen molar-refractivity contribution in [3.05, 3.63) is 28.7 Å². The first kappa shape index (κ1) is 15.5. The predicted molar refractivity (Wildman–Crippen MR) is 80.4 cm³/mol. The number of benzene rings is 1.